The third-order valence-electron chi connectivity index (χ3n) is 3.11. The van der Waals surface area contributed by atoms with Crippen LogP contribution in [0.4, 0.5) is 5.69 Å². The predicted molar refractivity (Wildman–Crippen MR) is 91.2 cm³/mol. The van der Waals surface area contributed by atoms with Gasteiger partial charge in [-0.3, -0.25) is 0 Å². The molecule has 3 aromatic rings. The highest BCUT2D eigenvalue weighted by Gasteiger charge is 2.04. The number of para-hydroxylation sites is 1. The van der Waals surface area contributed by atoms with Crippen molar-refractivity contribution in [3.8, 4) is 10.4 Å². The average molecular weight is 344 g/mol. The fourth-order valence-corrected chi connectivity index (χ4v) is 3.11. The Bertz CT molecular complexity index is 674. The highest BCUT2D eigenvalue weighted by Crippen LogP contribution is 2.31. The van der Waals surface area contributed by atoms with Gasteiger partial charge in [-0.05, 0) is 35.2 Å². The molecule has 0 saturated carbocycles. The van der Waals surface area contributed by atoms with E-state index in [-0.39, 0.29) is 0 Å². The highest BCUT2D eigenvalue weighted by molar-refractivity contribution is 9.10. The minimum atomic E-state index is 0.829. The molecule has 1 aromatic heterocycles. The number of anilines is 1. The second-order valence-electron chi connectivity index (χ2n) is 4.50. The van der Waals surface area contributed by atoms with Crippen LogP contribution in [-0.2, 0) is 6.54 Å². The molecule has 3 rings (SSSR count). The summed E-state index contributed by atoms with van der Waals surface area (Å²) in [4.78, 5) is 1.30. The standard InChI is InChI=1S/C17H14BrNS/c18-14-9-7-13(8-10-14)12-19-16-5-2-1-4-15(16)17-6-3-11-20-17/h1-11,19H,12H2. The van der Waals surface area contributed by atoms with Gasteiger partial charge in [0.05, 0.1) is 0 Å². The fourth-order valence-electron chi connectivity index (χ4n) is 2.08. The minimum absolute atomic E-state index is 0.829. The van der Waals surface area contributed by atoms with Gasteiger partial charge in [0.2, 0.25) is 0 Å². The number of halogens is 1. The zero-order valence-electron chi connectivity index (χ0n) is 10.8. The van der Waals surface area contributed by atoms with E-state index in [0.717, 1.165) is 11.0 Å². The summed E-state index contributed by atoms with van der Waals surface area (Å²) in [5, 5.41) is 5.64. The number of thiophene rings is 1. The van der Waals surface area contributed by atoms with E-state index in [4.69, 9.17) is 0 Å². The third-order valence-corrected chi connectivity index (χ3v) is 4.54. The molecule has 1 heterocycles. The molecule has 0 unspecified atom stereocenters. The third kappa shape index (κ3) is 3.11. The van der Waals surface area contributed by atoms with Crippen molar-refractivity contribution in [2.75, 3.05) is 5.32 Å². The van der Waals surface area contributed by atoms with Crippen LogP contribution in [0.2, 0.25) is 0 Å². The lowest BCUT2D eigenvalue weighted by atomic mass is 10.1. The molecule has 0 radical (unpaired) electrons. The van der Waals surface area contributed by atoms with Crippen molar-refractivity contribution in [3.05, 3.63) is 76.1 Å². The topological polar surface area (TPSA) is 12.0 Å². The van der Waals surface area contributed by atoms with Gasteiger partial charge in [0, 0.05) is 27.1 Å². The van der Waals surface area contributed by atoms with Crippen LogP contribution in [0.5, 0.6) is 0 Å². The highest BCUT2D eigenvalue weighted by atomic mass is 79.9. The Labute approximate surface area is 131 Å². The van der Waals surface area contributed by atoms with Crippen LogP contribution in [-0.4, -0.2) is 0 Å². The Morgan fingerprint density at radius 2 is 1.70 bits per heavy atom. The Morgan fingerprint density at radius 1 is 0.900 bits per heavy atom. The van der Waals surface area contributed by atoms with Crippen LogP contribution in [0.25, 0.3) is 10.4 Å². The van der Waals surface area contributed by atoms with Gasteiger partial charge in [-0.15, -0.1) is 11.3 Å². The number of rotatable bonds is 4. The van der Waals surface area contributed by atoms with Gasteiger partial charge in [-0.2, -0.15) is 0 Å². The van der Waals surface area contributed by atoms with Crippen LogP contribution in [0, 0.1) is 0 Å². The first-order valence-corrected chi connectivity index (χ1v) is 8.11. The Morgan fingerprint density at radius 3 is 2.45 bits per heavy atom. The second-order valence-corrected chi connectivity index (χ2v) is 6.37. The van der Waals surface area contributed by atoms with Crippen molar-refractivity contribution in [3.63, 3.8) is 0 Å². The fraction of sp³-hybridized carbons (Fsp3) is 0.0588. The largest absolute Gasteiger partial charge is 0.380 e. The van der Waals surface area contributed by atoms with Crippen LogP contribution < -0.4 is 5.32 Å². The molecule has 0 bridgehead atoms. The number of nitrogens with one attached hydrogen (secondary N) is 1. The van der Waals surface area contributed by atoms with E-state index in [9.17, 15) is 0 Å². The number of benzene rings is 2. The van der Waals surface area contributed by atoms with Crippen molar-refractivity contribution in [2.24, 2.45) is 0 Å². The first kappa shape index (κ1) is 13.4. The maximum Gasteiger partial charge on any atom is 0.0430 e. The quantitative estimate of drug-likeness (QED) is 0.632. The van der Waals surface area contributed by atoms with Gasteiger partial charge in [-0.25, -0.2) is 0 Å². The summed E-state index contributed by atoms with van der Waals surface area (Å²) in [5.74, 6) is 0. The molecule has 1 N–H and O–H groups in total. The van der Waals surface area contributed by atoms with Crippen LogP contribution >= 0.6 is 27.3 Å². The Balaban J connectivity index is 1.79. The molecule has 3 heteroatoms. The van der Waals surface area contributed by atoms with Gasteiger partial charge in [0.1, 0.15) is 0 Å². The molecule has 100 valence electrons. The molecule has 1 nitrogen and oxygen atoms in total. The van der Waals surface area contributed by atoms with Crippen molar-refractivity contribution in [2.45, 2.75) is 6.54 Å². The van der Waals surface area contributed by atoms with Crippen LogP contribution in [0.15, 0.2) is 70.5 Å². The summed E-state index contributed by atoms with van der Waals surface area (Å²) in [5.41, 5.74) is 3.71. The Kier molecular flexibility index (Phi) is 4.19. The molecular formula is C17H14BrNS. The first-order chi connectivity index (χ1) is 9.83. The molecule has 0 aliphatic rings. The molecule has 0 atom stereocenters. The lowest BCUT2D eigenvalue weighted by Crippen LogP contribution is -2.00. The van der Waals surface area contributed by atoms with Gasteiger partial charge in [-0.1, -0.05) is 52.3 Å². The second kappa shape index (κ2) is 6.25. The number of hydrogen-bond donors (Lipinski definition) is 1. The molecule has 0 amide bonds. The summed E-state index contributed by atoms with van der Waals surface area (Å²) < 4.78 is 1.11. The van der Waals surface area contributed by atoms with E-state index >= 15 is 0 Å². The normalized spacial score (nSPS) is 10.4. The predicted octanol–water partition coefficient (Wildman–Crippen LogP) is 5.79. The van der Waals surface area contributed by atoms with Crippen molar-refractivity contribution >= 4 is 33.0 Å². The summed E-state index contributed by atoms with van der Waals surface area (Å²) in [6, 6.07) is 21.1. The Hall–Kier alpha value is -1.58. The summed E-state index contributed by atoms with van der Waals surface area (Å²) in [7, 11) is 0. The summed E-state index contributed by atoms with van der Waals surface area (Å²) >= 11 is 5.23. The van der Waals surface area contributed by atoms with E-state index in [0.29, 0.717) is 0 Å². The molecule has 2 aromatic carbocycles. The minimum Gasteiger partial charge on any atom is -0.380 e. The SMILES string of the molecule is Brc1ccc(CNc2ccccc2-c2cccs2)cc1. The van der Waals surface area contributed by atoms with E-state index in [2.05, 4.69) is 87.3 Å². The zero-order valence-corrected chi connectivity index (χ0v) is 13.2. The van der Waals surface area contributed by atoms with Crippen molar-refractivity contribution in [1.29, 1.82) is 0 Å². The smallest absolute Gasteiger partial charge is 0.0430 e. The van der Waals surface area contributed by atoms with Gasteiger partial charge < -0.3 is 5.32 Å². The first-order valence-electron chi connectivity index (χ1n) is 6.44. The average Bonchev–Trinajstić information content (AvgIpc) is 3.01. The molecule has 0 saturated heterocycles. The van der Waals surface area contributed by atoms with Gasteiger partial charge in [0.25, 0.3) is 0 Å². The monoisotopic (exact) mass is 343 g/mol. The number of hydrogen-bond acceptors (Lipinski definition) is 2. The van der Waals surface area contributed by atoms with E-state index in [1.165, 1.54) is 21.7 Å². The summed E-state index contributed by atoms with van der Waals surface area (Å²) in [6.07, 6.45) is 0. The van der Waals surface area contributed by atoms with Gasteiger partial charge in [0.15, 0.2) is 0 Å². The molecule has 0 aliphatic carbocycles. The summed E-state index contributed by atoms with van der Waals surface area (Å²) in [6.45, 7) is 0.829. The van der Waals surface area contributed by atoms with Gasteiger partial charge >= 0.3 is 0 Å². The van der Waals surface area contributed by atoms with Crippen molar-refractivity contribution in [1.82, 2.24) is 0 Å². The molecule has 0 aliphatic heterocycles. The van der Waals surface area contributed by atoms with Crippen LogP contribution in [0.3, 0.4) is 0 Å². The maximum atomic E-state index is 3.53. The lowest BCUT2D eigenvalue weighted by molar-refractivity contribution is 1.15. The zero-order chi connectivity index (χ0) is 13.8. The maximum absolute atomic E-state index is 3.53. The molecular weight excluding hydrogens is 330 g/mol. The molecule has 0 spiro atoms. The van der Waals surface area contributed by atoms with E-state index < -0.39 is 0 Å². The molecule has 20 heavy (non-hydrogen) atoms. The molecule has 0 fully saturated rings. The van der Waals surface area contributed by atoms with E-state index in [1.54, 1.807) is 11.3 Å². The van der Waals surface area contributed by atoms with Crippen molar-refractivity contribution < 1.29 is 0 Å². The van der Waals surface area contributed by atoms with E-state index in [1.807, 2.05) is 0 Å². The lowest BCUT2D eigenvalue weighted by Gasteiger charge is -2.11. The van der Waals surface area contributed by atoms with Crippen LogP contribution in [0.1, 0.15) is 5.56 Å².